The summed E-state index contributed by atoms with van der Waals surface area (Å²) in [6.07, 6.45) is 5.39. The van der Waals surface area contributed by atoms with E-state index in [9.17, 15) is 4.39 Å². The Kier molecular flexibility index (Phi) is 6.22. The molecule has 1 aromatic carbocycles. The van der Waals surface area contributed by atoms with Gasteiger partial charge in [-0.05, 0) is 43.5 Å². The third kappa shape index (κ3) is 4.56. The van der Waals surface area contributed by atoms with Gasteiger partial charge in [-0.25, -0.2) is 4.39 Å². The van der Waals surface area contributed by atoms with Crippen molar-refractivity contribution in [2.75, 3.05) is 13.2 Å². The molecule has 114 valence electrons. The fourth-order valence-corrected chi connectivity index (χ4v) is 2.95. The van der Waals surface area contributed by atoms with Crippen LogP contribution in [0.15, 0.2) is 18.2 Å². The largest absolute Gasteiger partial charge is 0.395 e. The van der Waals surface area contributed by atoms with Gasteiger partial charge < -0.3 is 5.11 Å². The maximum Gasteiger partial charge on any atom is 0.138 e. The molecule has 0 aliphatic carbocycles. The first kappa shape index (κ1) is 16.0. The maximum absolute atomic E-state index is 13.7. The summed E-state index contributed by atoms with van der Waals surface area (Å²) < 4.78 is 13.7. The molecule has 0 aromatic heterocycles. The van der Waals surface area contributed by atoms with Crippen molar-refractivity contribution in [1.82, 2.24) is 4.90 Å². The average molecular weight is 289 g/mol. The first-order valence-corrected chi connectivity index (χ1v) is 7.86. The van der Waals surface area contributed by atoms with Crippen molar-refractivity contribution in [3.63, 3.8) is 0 Å². The van der Waals surface area contributed by atoms with Gasteiger partial charge in [-0.1, -0.05) is 31.3 Å². The highest BCUT2D eigenvalue weighted by Gasteiger charge is 2.20. The second-order valence-corrected chi connectivity index (χ2v) is 5.62. The molecule has 1 heterocycles. The van der Waals surface area contributed by atoms with Crippen LogP contribution in [0.1, 0.15) is 50.2 Å². The van der Waals surface area contributed by atoms with Gasteiger partial charge in [0, 0.05) is 19.0 Å². The van der Waals surface area contributed by atoms with Crippen LogP contribution in [0.3, 0.4) is 0 Å². The summed E-state index contributed by atoms with van der Waals surface area (Å²) in [6, 6.07) is 5.85. The number of likely N-dealkylation sites (tertiary alicyclic amines) is 1. The van der Waals surface area contributed by atoms with Gasteiger partial charge in [0.15, 0.2) is 0 Å². The molecule has 0 amide bonds. The zero-order chi connectivity index (χ0) is 15.1. The Hall–Kier alpha value is -1.37. The smallest absolute Gasteiger partial charge is 0.138 e. The van der Waals surface area contributed by atoms with E-state index in [-0.39, 0.29) is 12.4 Å². The Morgan fingerprint density at radius 3 is 3.00 bits per heavy atom. The van der Waals surface area contributed by atoms with Gasteiger partial charge in [0.2, 0.25) is 0 Å². The Labute approximate surface area is 127 Å². The van der Waals surface area contributed by atoms with Crippen LogP contribution in [0.5, 0.6) is 0 Å². The molecule has 2 nitrogen and oxygen atoms in total. The lowest BCUT2D eigenvalue weighted by Gasteiger charge is -2.35. The minimum absolute atomic E-state index is 0.0142. The molecule has 3 heteroatoms. The molecule has 1 aliphatic heterocycles. The highest BCUT2D eigenvalue weighted by atomic mass is 19.1. The van der Waals surface area contributed by atoms with Gasteiger partial charge in [0.25, 0.3) is 0 Å². The number of hydrogen-bond donors (Lipinski definition) is 1. The first-order chi connectivity index (χ1) is 10.2. The number of nitrogens with zero attached hydrogens (tertiary/aromatic N) is 1. The van der Waals surface area contributed by atoms with Crippen LogP contribution in [0.25, 0.3) is 0 Å². The second-order valence-electron chi connectivity index (χ2n) is 5.62. The SMILES string of the molecule is CCC1CCCCN1Cc1ccc(F)c(C#CCCO)c1. The quantitative estimate of drug-likeness (QED) is 0.860. The fourth-order valence-electron chi connectivity index (χ4n) is 2.95. The number of rotatable bonds is 4. The van der Waals surface area contributed by atoms with Crippen LogP contribution in [0, 0.1) is 17.7 Å². The topological polar surface area (TPSA) is 23.5 Å². The third-order valence-electron chi connectivity index (χ3n) is 4.10. The fraction of sp³-hybridized carbons (Fsp3) is 0.556. The van der Waals surface area contributed by atoms with Crippen LogP contribution in [-0.4, -0.2) is 29.2 Å². The summed E-state index contributed by atoms with van der Waals surface area (Å²) in [4.78, 5) is 2.50. The molecular formula is C18H24FNO. The molecule has 2 rings (SSSR count). The summed E-state index contributed by atoms with van der Waals surface area (Å²) in [6.45, 7) is 4.24. The normalized spacial score (nSPS) is 19.1. The molecule has 1 saturated heterocycles. The van der Waals surface area contributed by atoms with E-state index in [2.05, 4.69) is 23.7 Å². The summed E-state index contributed by atoms with van der Waals surface area (Å²) in [5.74, 6) is 5.32. The monoisotopic (exact) mass is 289 g/mol. The number of piperidine rings is 1. The van der Waals surface area contributed by atoms with E-state index >= 15 is 0 Å². The minimum atomic E-state index is -0.283. The van der Waals surface area contributed by atoms with E-state index in [1.165, 1.54) is 31.7 Å². The summed E-state index contributed by atoms with van der Waals surface area (Å²) in [7, 11) is 0. The molecule has 1 unspecified atom stereocenters. The van der Waals surface area contributed by atoms with Crippen molar-refractivity contribution >= 4 is 0 Å². The van der Waals surface area contributed by atoms with E-state index in [1.807, 2.05) is 12.1 Å². The minimum Gasteiger partial charge on any atom is -0.395 e. The van der Waals surface area contributed by atoms with Crippen molar-refractivity contribution in [1.29, 1.82) is 0 Å². The summed E-state index contributed by atoms with van der Waals surface area (Å²) in [5, 5.41) is 8.74. The molecule has 21 heavy (non-hydrogen) atoms. The molecule has 1 fully saturated rings. The number of halogens is 1. The van der Waals surface area contributed by atoms with Crippen molar-refractivity contribution < 1.29 is 9.50 Å². The average Bonchev–Trinajstić information content (AvgIpc) is 2.51. The number of benzene rings is 1. The zero-order valence-corrected chi connectivity index (χ0v) is 12.7. The van der Waals surface area contributed by atoms with Gasteiger partial charge in [0.1, 0.15) is 5.82 Å². The van der Waals surface area contributed by atoms with Crippen LogP contribution in [-0.2, 0) is 6.54 Å². The Morgan fingerprint density at radius 2 is 2.24 bits per heavy atom. The van der Waals surface area contributed by atoms with E-state index in [4.69, 9.17) is 5.11 Å². The Balaban J connectivity index is 2.09. The van der Waals surface area contributed by atoms with Crippen molar-refractivity contribution in [3.8, 4) is 11.8 Å². The molecule has 0 radical (unpaired) electrons. The predicted octanol–water partition coefficient (Wildman–Crippen LogP) is 3.32. The standard InChI is InChI=1S/C18H24FNO/c1-2-17-8-3-5-11-20(17)14-15-9-10-18(19)16(13-15)7-4-6-12-21/h9-10,13,17,21H,2-3,5-6,8,11-12,14H2,1H3. The molecule has 0 saturated carbocycles. The van der Waals surface area contributed by atoms with Gasteiger partial charge in [-0.3, -0.25) is 4.90 Å². The summed E-state index contributed by atoms with van der Waals surface area (Å²) in [5.41, 5.74) is 1.55. The van der Waals surface area contributed by atoms with Crippen LogP contribution in [0.4, 0.5) is 4.39 Å². The number of aliphatic hydroxyl groups is 1. The zero-order valence-electron chi connectivity index (χ0n) is 12.7. The van der Waals surface area contributed by atoms with E-state index in [0.717, 1.165) is 18.7 Å². The van der Waals surface area contributed by atoms with Crippen LogP contribution in [0.2, 0.25) is 0 Å². The molecule has 1 atom stereocenters. The molecule has 0 spiro atoms. The molecule has 0 bridgehead atoms. The number of aliphatic hydroxyl groups excluding tert-OH is 1. The lowest BCUT2D eigenvalue weighted by atomic mass is 9.99. The van der Waals surface area contributed by atoms with Gasteiger partial charge >= 0.3 is 0 Å². The van der Waals surface area contributed by atoms with Gasteiger partial charge in [0.05, 0.1) is 12.2 Å². The Morgan fingerprint density at radius 1 is 1.38 bits per heavy atom. The van der Waals surface area contributed by atoms with E-state index in [1.54, 1.807) is 0 Å². The van der Waals surface area contributed by atoms with Gasteiger partial charge in [-0.2, -0.15) is 0 Å². The summed E-state index contributed by atoms with van der Waals surface area (Å²) >= 11 is 0. The lowest BCUT2D eigenvalue weighted by Crippen LogP contribution is -2.38. The maximum atomic E-state index is 13.7. The van der Waals surface area contributed by atoms with Crippen molar-refractivity contribution in [2.24, 2.45) is 0 Å². The van der Waals surface area contributed by atoms with E-state index < -0.39 is 0 Å². The number of hydrogen-bond acceptors (Lipinski definition) is 2. The van der Waals surface area contributed by atoms with Gasteiger partial charge in [-0.15, -0.1) is 0 Å². The third-order valence-corrected chi connectivity index (χ3v) is 4.10. The molecule has 1 aliphatic rings. The van der Waals surface area contributed by atoms with Crippen LogP contribution < -0.4 is 0 Å². The first-order valence-electron chi connectivity index (χ1n) is 7.86. The second kappa shape index (κ2) is 8.17. The Bertz CT molecular complexity index is 518. The lowest BCUT2D eigenvalue weighted by molar-refractivity contribution is 0.136. The highest BCUT2D eigenvalue weighted by Crippen LogP contribution is 2.22. The van der Waals surface area contributed by atoms with E-state index in [0.29, 0.717) is 18.0 Å². The van der Waals surface area contributed by atoms with Crippen LogP contribution >= 0.6 is 0 Å². The molecule has 1 N–H and O–H groups in total. The predicted molar refractivity (Wildman–Crippen MR) is 83.3 cm³/mol. The van der Waals surface area contributed by atoms with Crippen molar-refractivity contribution in [2.45, 2.75) is 51.6 Å². The molecular weight excluding hydrogens is 265 g/mol. The van der Waals surface area contributed by atoms with Crippen molar-refractivity contribution in [3.05, 3.63) is 35.1 Å². The molecule has 1 aromatic rings. The highest BCUT2D eigenvalue weighted by molar-refractivity contribution is 5.38.